The van der Waals surface area contributed by atoms with E-state index in [0.29, 0.717) is 0 Å². The van der Waals surface area contributed by atoms with Crippen molar-refractivity contribution in [3.05, 3.63) is 62.5 Å². The van der Waals surface area contributed by atoms with Crippen LogP contribution in [-0.2, 0) is 9.59 Å². The third kappa shape index (κ3) is 2.91. The Labute approximate surface area is 130 Å². The second kappa shape index (κ2) is 5.91. The van der Waals surface area contributed by atoms with E-state index in [0.717, 1.165) is 6.07 Å². The summed E-state index contributed by atoms with van der Waals surface area (Å²) in [5.41, 5.74) is -0.275. The second-order valence-electron chi connectivity index (χ2n) is 5.06. The number of carboxylic acids is 2. The van der Waals surface area contributed by atoms with Crippen molar-refractivity contribution in [1.82, 2.24) is 5.32 Å². The molecule has 1 aliphatic rings. The first-order valence-corrected chi connectivity index (χ1v) is 6.59. The number of benzene rings is 1. The normalized spacial score (nSPS) is 15.4. The van der Waals surface area contributed by atoms with E-state index in [1.165, 1.54) is 32.0 Å². The lowest BCUT2D eigenvalue weighted by Crippen LogP contribution is -2.40. The summed E-state index contributed by atoms with van der Waals surface area (Å²) in [6, 6.07) is 5.16. The number of carbonyl (C=O) groups is 2. The maximum absolute atomic E-state index is 11.5. The van der Waals surface area contributed by atoms with Gasteiger partial charge in [-0.1, -0.05) is 12.1 Å². The number of hydrogen-bond acceptors (Lipinski definition) is 7. The first kappa shape index (κ1) is 16.2. The lowest BCUT2D eigenvalue weighted by Gasteiger charge is -2.33. The topological polar surface area (TPSA) is 135 Å². The average molecular weight is 316 g/mol. The molecule has 0 saturated carbocycles. The SMILES string of the molecule is CC1=C(C(=O)[O-])C(c2cccc([N+](=O)[O-])c2)C(C(=O)[O-])=C(C)N1. The van der Waals surface area contributed by atoms with E-state index in [4.69, 9.17) is 0 Å². The van der Waals surface area contributed by atoms with E-state index in [1.54, 1.807) is 0 Å². The third-order valence-corrected chi connectivity index (χ3v) is 3.61. The summed E-state index contributed by atoms with van der Waals surface area (Å²) in [4.78, 5) is 33.2. The molecular formula is C15H12N2O6-2. The van der Waals surface area contributed by atoms with Crippen LogP contribution in [0.2, 0.25) is 0 Å². The maximum Gasteiger partial charge on any atom is 0.269 e. The van der Waals surface area contributed by atoms with Crippen LogP contribution in [0.25, 0.3) is 0 Å². The monoisotopic (exact) mass is 316 g/mol. The van der Waals surface area contributed by atoms with E-state index in [1.807, 2.05) is 0 Å². The first-order chi connectivity index (χ1) is 10.7. The smallest absolute Gasteiger partial charge is 0.269 e. The molecular weight excluding hydrogens is 304 g/mol. The number of allylic oxidation sites excluding steroid dienone is 2. The molecule has 0 atom stereocenters. The Hall–Kier alpha value is -3.16. The number of carboxylic acid groups (broad SMARTS) is 2. The number of nitrogens with one attached hydrogen (secondary N) is 1. The number of aliphatic carboxylic acids is 2. The van der Waals surface area contributed by atoms with Gasteiger partial charge in [-0.15, -0.1) is 0 Å². The third-order valence-electron chi connectivity index (χ3n) is 3.61. The minimum absolute atomic E-state index is 0.165. The van der Waals surface area contributed by atoms with Crippen molar-refractivity contribution in [2.45, 2.75) is 19.8 Å². The molecule has 23 heavy (non-hydrogen) atoms. The molecule has 1 aromatic rings. The molecule has 2 rings (SSSR count). The Kier molecular flexibility index (Phi) is 4.17. The van der Waals surface area contributed by atoms with Gasteiger partial charge in [0, 0.05) is 40.6 Å². The summed E-state index contributed by atoms with van der Waals surface area (Å²) in [6.07, 6.45) is 0. The summed E-state index contributed by atoms with van der Waals surface area (Å²) in [7, 11) is 0. The number of carbonyl (C=O) groups excluding carboxylic acids is 2. The number of nitrogens with zero attached hydrogens (tertiary/aromatic N) is 1. The molecule has 0 unspecified atom stereocenters. The van der Waals surface area contributed by atoms with Gasteiger partial charge in [-0.25, -0.2) is 0 Å². The molecule has 1 heterocycles. The summed E-state index contributed by atoms with van der Waals surface area (Å²) in [6.45, 7) is 2.93. The summed E-state index contributed by atoms with van der Waals surface area (Å²) in [5.74, 6) is -4.33. The molecule has 0 saturated heterocycles. The Bertz CT molecular complexity index is 742. The van der Waals surface area contributed by atoms with Gasteiger partial charge in [0.15, 0.2) is 0 Å². The molecule has 0 fully saturated rings. The fourth-order valence-corrected chi connectivity index (χ4v) is 2.69. The Morgan fingerprint density at radius 1 is 1.09 bits per heavy atom. The molecule has 0 radical (unpaired) electrons. The summed E-state index contributed by atoms with van der Waals surface area (Å²) >= 11 is 0. The number of non-ortho nitro benzene ring substituents is 1. The Morgan fingerprint density at radius 2 is 1.61 bits per heavy atom. The lowest BCUT2D eigenvalue weighted by molar-refractivity contribution is -0.384. The highest BCUT2D eigenvalue weighted by Gasteiger charge is 2.31. The number of dihydropyridines is 1. The molecule has 120 valence electrons. The van der Waals surface area contributed by atoms with Gasteiger partial charge >= 0.3 is 0 Å². The molecule has 1 N–H and O–H groups in total. The highest BCUT2D eigenvalue weighted by atomic mass is 16.6. The van der Waals surface area contributed by atoms with E-state index in [9.17, 15) is 29.9 Å². The van der Waals surface area contributed by atoms with E-state index in [2.05, 4.69) is 5.32 Å². The van der Waals surface area contributed by atoms with E-state index < -0.39 is 22.8 Å². The van der Waals surface area contributed by atoms with E-state index in [-0.39, 0.29) is 33.8 Å². The molecule has 8 heteroatoms. The Balaban J connectivity index is 2.72. The molecule has 0 spiro atoms. The molecule has 0 aliphatic carbocycles. The molecule has 1 aromatic carbocycles. The predicted molar refractivity (Wildman–Crippen MR) is 74.4 cm³/mol. The van der Waals surface area contributed by atoms with Crippen LogP contribution in [0.3, 0.4) is 0 Å². The quantitative estimate of drug-likeness (QED) is 0.574. The number of hydrogen-bond donors (Lipinski definition) is 1. The fraction of sp³-hybridized carbons (Fsp3) is 0.200. The predicted octanol–water partition coefficient (Wildman–Crippen LogP) is -0.671. The highest BCUT2D eigenvalue weighted by Crippen LogP contribution is 2.38. The number of nitro benzene ring substituents is 1. The largest absolute Gasteiger partial charge is 0.545 e. The highest BCUT2D eigenvalue weighted by molar-refractivity contribution is 5.96. The van der Waals surface area contributed by atoms with Crippen molar-refractivity contribution in [2.75, 3.05) is 0 Å². The van der Waals surface area contributed by atoms with Crippen LogP contribution in [0.1, 0.15) is 25.3 Å². The van der Waals surface area contributed by atoms with Crippen LogP contribution in [0.5, 0.6) is 0 Å². The lowest BCUT2D eigenvalue weighted by atomic mass is 9.80. The zero-order valence-corrected chi connectivity index (χ0v) is 12.3. The molecule has 8 nitrogen and oxygen atoms in total. The zero-order chi connectivity index (χ0) is 17.3. The van der Waals surface area contributed by atoms with Crippen molar-refractivity contribution in [2.24, 2.45) is 0 Å². The minimum Gasteiger partial charge on any atom is -0.545 e. The summed E-state index contributed by atoms with van der Waals surface area (Å²) < 4.78 is 0. The number of nitro groups is 1. The van der Waals surface area contributed by atoms with Crippen LogP contribution >= 0.6 is 0 Å². The van der Waals surface area contributed by atoms with Crippen molar-refractivity contribution >= 4 is 17.6 Å². The first-order valence-electron chi connectivity index (χ1n) is 6.59. The van der Waals surface area contributed by atoms with Gasteiger partial charge < -0.3 is 25.1 Å². The van der Waals surface area contributed by atoms with Gasteiger partial charge in [-0.05, 0) is 19.4 Å². The van der Waals surface area contributed by atoms with Crippen LogP contribution in [0.15, 0.2) is 46.8 Å². The molecule has 1 aliphatic heterocycles. The van der Waals surface area contributed by atoms with Crippen molar-refractivity contribution in [3.8, 4) is 0 Å². The van der Waals surface area contributed by atoms with Crippen LogP contribution in [-0.4, -0.2) is 16.9 Å². The van der Waals surface area contributed by atoms with Gasteiger partial charge in [0.2, 0.25) is 0 Å². The molecule has 0 amide bonds. The van der Waals surface area contributed by atoms with Crippen LogP contribution < -0.4 is 15.5 Å². The Morgan fingerprint density at radius 3 is 2.04 bits per heavy atom. The maximum atomic E-state index is 11.5. The molecule has 0 bridgehead atoms. The zero-order valence-electron chi connectivity index (χ0n) is 12.3. The van der Waals surface area contributed by atoms with Crippen LogP contribution in [0.4, 0.5) is 5.69 Å². The average Bonchev–Trinajstić information content (AvgIpc) is 2.45. The van der Waals surface area contributed by atoms with Gasteiger partial charge in [-0.2, -0.15) is 0 Å². The van der Waals surface area contributed by atoms with Crippen LogP contribution in [0, 0.1) is 10.1 Å². The summed E-state index contributed by atoms with van der Waals surface area (Å²) in [5, 5.41) is 36.5. The molecule has 0 aromatic heterocycles. The van der Waals surface area contributed by atoms with Gasteiger partial charge in [0.1, 0.15) is 0 Å². The minimum atomic E-state index is -1.56. The fourth-order valence-electron chi connectivity index (χ4n) is 2.69. The van der Waals surface area contributed by atoms with Gasteiger partial charge in [0.25, 0.3) is 5.69 Å². The van der Waals surface area contributed by atoms with Crippen molar-refractivity contribution < 1.29 is 24.7 Å². The van der Waals surface area contributed by atoms with Gasteiger partial charge in [0.05, 0.1) is 16.9 Å². The standard InChI is InChI=1S/C15H14N2O6/c1-7-11(14(18)19)13(12(15(20)21)8(2)16-7)9-4-3-5-10(6-9)17(22)23/h3-6,13,16H,1-2H3,(H,18,19)(H,20,21)/p-2. The van der Waals surface area contributed by atoms with Gasteiger partial charge in [-0.3, -0.25) is 10.1 Å². The van der Waals surface area contributed by atoms with Crippen molar-refractivity contribution in [3.63, 3.8) is 0 Å². The number of rotatable bonds is 4. The van der Waals surface area contributed by atoms with Crippen molar-refractivity contribution in [1.29, 1.82) is 0 Å². The second-order valence-corrected chi connectivity index (χ2v) is 5.06. The van der Waals surface area contributed by atoms with E-state index >= 15 is 0 Å².